The van der Waals surface area contributed by atoms with Crippen molar-refractivity contribution in [3.05, 3.63) is 71.5 Å². The minimum Gasteiger partial charge on any atom is -0.392 e. The normalized spacial score (nSPS) is 18.8. The summed E-state index contributed by atoms with van der Waals surface area (Å²) in [6.45, 7) is -0.0200. The monoisotopic (exact) mass is 569 g/mol. The van der Waals surface area contributed by atoms with Crippen molar-refractivity contribution in [2.45, 2.75) is 68.8 Å². The number of rotatable bonds is 13. The molecule has 2 amide bonds. The molecular weight excluding hydrogens is 534 g/mol. The largest absolute Gasteiger partial charge is 0.392 e. The Hall–Kier alpha value is -3.29. The average Bonchev–Trinajstić information content (AvgIpc) is 3.40. The van der Waals surface area contributed by atoms with E-state index in [2.05, 4.69) is 15.5 Å². The maximum absolute atomic E-state index is 12.5. The Morgan fingerprint density at radius 2 is 1.82 bits per heavy atom. The van der Waals surface area contributed by atoms with E-state index < -0.39 is 12.2 Å². The Morgan fingerprint density at radius 3 is 2.52 bits per heavy atom. The zero-order valence-electron chi connectivity index (χ0n) is 22.4. The predicted molar refractivity (Wildman–Crippen MR) is 148 cm³/mol. The van der Waals surface area contributed by atoms with Gasteiger partial charge < -0.3 is 24.5 Å². The molecule has 1 fully saturated rings. The molecule has 1 saturated heterocycles. The van der Waals surface area contributed by atoms with Crippen LogP contribution in [0.2, 0.25) is 0 Å². The predicted octanol–water partition coefficient (Wildman–Crippen LogP) is 4.04. The first-order valence-corrected chi connectivity index (χ1v) is 14.2. The fourth-order valence-corrected chi connectivity index (χ4v) is 5.29. The van der Waals surface area contributed by atoms with Crippen LogP contribution in [0.25, 0.3) is 0 Å². The fraction of sp³-hybridized carbons (Fsp3) is 0.429. The molecule has 0 bridgehead atoms. The molecule has 3 atom stereocenters. The molecule has 0 aliphatic carbocycles. The SMILES string of the molecule is Cn1cnnc1SCC1CC(c2ccc(CO)cc2)OC(c2cccc(NC(=O)CCCCCC(=O)NO)c2)O1. The van der Waals surface area contributed by atoms with E-state index in [1.807, 2.05) is 60.1 Å². The second-order valence-corrected chi connectivity index (χ2v) is 10.6. The maximum atomic E-state index is 12.5. The number of amides is 2. The molecule has 0 spiro atoms. The molecule has 2 aromatic carbocycles. The van der Waals surface area contributed by atoms with E-state index in [9.17, 15) is 14.7 Å². The average molecular weight is 570 g/mol. The minimum atomic E-state index is -0.643. The Labute approximate surface area is 237 Å². The van der Waals surface area contributed by atoms with Crippen LogP contribution < -0.4 is 10.8 Å². The van der Waals surface area contributed by atoms with Gasteiger partial charge in [0.2, 0.25) is 11.8 Å². The van der Waals surface area contributed by atoms with Crippen LogP contribution in [0.3, 0.4) is 0 Å². The van der Waals surface area contributed by atoms with Crippen molar-refractivity contribution in [1.82, 2.24) is 20.2 Å². The van der Waals surface area contributed by atoms with Crippen LogP contribution >= 0.6 is 11.8 Å². The van der Waals surface area contributed by atoms with Crippen LogP contribution in [0.4, 0.5) is 5.69 Å². The topological polar surface area (TPSA) is 148 Å². The molecule has 12 heteroatoms. The van der Waals surface area contributed by atoms with Gasteiger partial charge in [0.05, 0.1) is 18.8 Å². The molecular formula is C28H35N5O6S. The van der Waals surface area contributed by atoms with Crippen LogP contribution in [0, 0.1) is 0 Å². The first-order valence-electron chi connectivity index (χ1n) is 13.3. The molecule has 3 unspecified atom stereocenters. The summed E-state index contributed by atoms with van der Waals surface area (Å²) in [5.41, 5.74) is 4.88. The van der Waals surface area contributed by atoms with E-state index in [0.717, 1.165) is 21.8 Å². The van der Waals surface area contributed by atoms with Gasteiger partial charge in [-0.1, -0.05) is 54.6 Å². The lowest BCUT2D eigenvalue weighted by molar-refractivity contribution is -0.245. The van der Waals surface area contributed by atoms with Gasteiger partial charge in [-0.05, 0) is 36.1 Å². The maximum Gasteiger partial charge on any atom is 0.243 e. The van der Waals surface area contributed by atoms with Crippen molar-refractivity contribution < 1.29 is 29.4 Å². The number of thioether (sulfide) groups is 1. The van der Waals surface area contributed by atoms with Gasteiger partial charge in [0, 0.05) is 43.3 Å². The minimum absolute atomic E-state index is 0.0200. The molecule has 11 nitrogen and oxygen atoms in total. The number of carbonyl (C=O) groups is 2. The molecule has 214 valence electrons. The van der Waals surface area contributed by atoms with Gasteiger partial charge in [0.25, 0.3) is 0 Å². The lowest BCUT2D eigenvalue weighted by Gasteiger charge is -2.36. The number of hydrogen-bond donors (Lipinski definition) is 4. The smallest absolute Gasteiger partial charge is 0.243 e. The molecule has 3 aromatic rings. The van der Waals surface area contributed by atoms with Gasteiger partial charge in [-0.2, -0.15) is 0 Å². The summed E-state index contributed by atoms with van der Waals surface area (Å²) in [5, 5.41) is 29.8. The number of ether oxygens (including phenoxy) is 2. The highest BCUT2D eigenvalue weighted by Gasteiger charge is 2.32. The standard InChI is InChI=1S/C28H35N5O6S/c1-33-18-29-31-28(33)40-17-23-15-24(20-12-10-19(16-34)11-13-20)39-27(38-23)21-6-5-7-22(14-21)30-25(35)8-3-2-4-9-26(36)32-37/h5-7,10-14,18,23-24,27,34,37H,2-4,8-9,15-17H2,1H3,(H,30,35)(H,32,36). The van der Waals surface area contributed by atoms with Gasteiger partial charge in [0.15, 0.2) is 11.4 Å². The summed E-state index contributed by atoms with van der Waals surface area (Å²) < 4.78 is 14.7. The van der Waals surface area contributed by atoms with Crippen molar-refractivity contribution in [3.8, 4) is 0 Å². The zero-order chi connectivity index (χ0) is 28.3. The third-order valence-corrected chi connectivity index (χ3v) is 7.72. The Morgan fingerprint density at radius 1 is 1.05 bits per heavy atom. The number of hydrogen-bond acceptors (Lipinski definition) is 9. The van der Waals surface area contributed by atoms with Gasteiger partial charge in [-0.3, -0.25) is 14.8 Å². The molecule has 0 saturated carbocycles. The van der Waals surface area contributed by atoms with Crippen LogP contribution in [0.5, 0.6) is 0 Å². The number of anilines is 1. The number of carbonyl (C=O) groups excluding carboxylic acids is 2. The molecule has 4 N–H and O–H groups in total. The number of hydroxylamine groups is 1. The van der Waals surface area contributed by atoms with E-state index >= 15 is 0 Å². The number of nitrogens with one attached hydrogen (secondary N) is 2. The quantitative estimate of drug-likeness (QED) is 0.104. The third kappa shape index (κ3) is 8.60. The lowest BCUT2D eigenvalue weighted by Crippen LogP contribution is -2.31. The number of aryl methyl sites for hydroxylation is 1. The molecule has 1 aromatic heterocycles. The number of aliphatic hydroxyl groups is 1. The summed E-state index contributed by atoms with van der Waals surface area (Å²) in [6.07, 6.45) is 3.83. The van der Waals surface area contributed by atoms with Gasteiger partial charge in [-0.15, -0.1) is 10.2 Å². The van der Waals surface area contributed by atoms with Gasteiger partial charge in [-0.25, -0.2) is 5.48 Å². The highest BCUT2D eigenvalue weighted by molar-refractivity contribution is 7.99. The summed E-state index contributed by atoms with van der Waals surface area (Å²) >= 11 is 1.57. The Balaban J connectivity index is 1.40. The van der Waals surface area contributed by atoms with Crippen LogP contribution in [-0.2, 0) is 32.7 Å². The van der Waals surface area contributed by atoms with Gasteiger partial charge >= 0.3 is 0 Å². The fourth-order valence-electron chi connectivity index (χ4n) is 4.38. The van der Waals surface area contributed by atoms with Crippen molar-refractivity contribution in [2.75, 3.05) is 11.1 Å². The van der Waals surface area contributed by atoms with E-state index in [4.69, 9.17) is 14.7 Å². The Kier molecular flexibility index (Phi) is 11.1. The van der Waals surface area contributed by atoms with Crippen molar-refractivity contribution in [1.29, 1.82) is 0 Å². The van der Waals surface area contributed by atoms with E-state index in [0.29, 0.717) is 43.5 Å². The highest BCUT2D eigenvalue weighted by atomic mass is 32.2. The number of benzene rings is 2. The molecule has 1 aliphatic heterocycles. The third-order valence-electron chi connectivity index (χ3n) is 6.56. The summed E-state index contributed by atoms with van der Waals surface area (Å²) in [4.78, 5) is 23.6. The van der Waals surface area contributed by atoms with E-state index in [1.54, 1.807) is 23.6 Å². The van der Waals surface area contributed by atoms with Crippen LogP contribution in [-0.4, -0.2) is 48.7 Å². The second kappa shape index (κ2) is 14.9. The van der Waals surface area contributed by atoms with E-state index in [1.165, 1.54) is 0 Å². The molecule has 2 heterocycles. The van der Waals surface area contributed by atoms with Crippen molar-refractivity contribution >= 4 is 29.3 Å². The zero-order valence-corrected chi connectivity index (χ0v) is 23.2. The molecule has 40 heavy (non-hydrogen) atoms. The van der Waals surface area contributed by atoms with Gasteiger partial charge in [0.1, 0.15) is 6.33 Å². The summed E-state index contributed by atoms with van der Waals surface area (Å²) in [7, 11) is 1.90. The second-order valence-electron chi connectivity index (χ2n) is 9.65. The number of aromatic nitrogens is 3. The Bertz CT molecular complexity index is 1250. The lowest BCUT2D eigenvalue weighted by atomic mass is 10.0. The first kappa shape index (κ1) is 29.7. The van der Waals surface area contributed by atoms with Crippen LogP contribution in [0.15, 0.2) is 60.0 Å². The van der Waals surface area contributed by atoms with Crippen LogP contribution in [0.1, 0.15) is 67.6 Å². The van der Waals surface area contributed by atoms with Crippen molar-refractivity contribution in [2.24, 2.45) is 7.05 Å². The highest BCUT2D eigenvalue weighted by Crippen LogP contribution is 2.39. The number of nitrogens with zero attached hydrogens (tertiary/aromatic N) is 3. The molecule has 0 radical (unpaired) electrons. The molecule has 1 aliphatic rings. The number of aliphatic hydroxyl groups excluding tert-OH is 1. The van der Waals surface area contributed by atoms with Crippen molar-refractivity contribution in [3.63, 3.8) is 0 Å². The summed E-state index contributed by atoms with van der Waals surface area (Å²) in [5.74, 6) is 0.120. The number of unbranched alkanes of at least 4 members (excludes halogenated alkanes) is 2. The molecule has 4 rings (SSSR count). The first-order chi connectivity index (χ1) is 19.4. The van der Waals surface area contributed by atoms with E-state index in [-0.39, 0.29) is 31.1 Å². The summed E-state index contributed by atoms with van der Waals surface area (Å²) in [6, 6.07) is 15.2.